The summed E-state index contributed by atoms with van der Waals surface area (Å²) in [6.45, 7) is 4.57. The molecule has 0 radical (unpaired) electrons. The first kappa shape index (κ1) is 28.6. The number of nitrogens with zero attached hydrogens (tertiary/aromatic N) is 1. The van der Waals surface area contributed by atoms with E-state index >= 15 is 0 Å². The zero-order valence-electron chi connectivity index (χ0n) is 23.6. The van der Waals surface area contributed by atoms with Gasteiger partial charge in [0.05, 0.1) is 18.7 Å². The zero-order valence-corrected chi connectivity index (χ0v) is 25.2. The summed E-state index contributed by atoms with van der Waals surface area (Å²) in [5, 5.41) is 14.4. The van der Waals surface area contributed by atoms with Gasteiger partial charge in [-0.3, -0.25) is 4.79 Å². The monoisotopic (exact) mass is 576 g/mol. The summed E-state index contributed by atoms with van der Waals surface area (Å²) in [4.78, 5) is 17.1. The van der Waals surface area contributed by atoms with Gasteiger partial charge < -0.3 is 20.1 Å². The quantitative estimate of drug-likeness (QED) is 0.228. The van der Waals surface area contributed by atoms with Crippen LogP contribution >= 0.6 is 22.9 Å². The molecule has 40 heavy (non-hydrogen) atoms. The van der Waals surface area contributed by atoms with Crippen LogP contribution in [0.5, 0.6) is 5.75 Å². The smallest absolute Gasteiger partial charge is 0.266 e. The van der Waals surface area contributed by atoms with Gasteiger partial charge in [0, 0.05) is 34.3 Å². The van der Waals surface area contributed by atoms with Gasteiger partial charge in [-0.1, -0.05) is 54.1 Å². The van der Waals surface area contributed by atoms with Crippen LogP contribution in [0, 0.1) is 13.8 Å². The number of hydrogen-bond donors (Lipinski definition) is 2. The topological polar surface area (TPSA) is 61.8 Å². The molecule has 1 aliphatic rings. The number of fused-ring (bicyclic) bond motifs is 1. The number of aliphatic hydroxyl groups excluding tert-OH is 1. The Morgan fingerprint density at radius 3 is 2.33 bits per heavy atom. The van der Waals surface area contributed by atoms with Crippen LogP contribution in [-0.2, 0) is 13.2 Å². The minimum atomic E-state index is -0.0161. The average molecular weight is 577 g/mol. The fraction of sp³-hybridized carbons (Fsp3) is 0.364. The number of benzene rings is 3. The lowest BCUT2D eigenvalue weighted by atomic mass is 9.89. The molecule has 4 aromatic rings. The molecule has 0 spiro atoms. The van der Waals surface area contributed by atoms with Crippen molar-refractivity contribution >= 4 is 38.9 Å². The summed E-state index contributed by atoms with van der Waals surface area (Å²) in [5.74, 6) is 0.740. The average Bonchev–Trinajstić information content (AvgIpc) is 3.35. The molecule has 5 nitrogen and oxygen atoms in total. The highest BCUT2D eigenvalue weighted by Crippen LogP contribution is 2.41. The van der Waals surface area contributed by atoms with Crippen LogP contribution in [0.3, 0.4) is 0 Å². The van der Waals surface area contributed by atoms with Crippen molar-refractivity contribution in [2.45, 2.75) is 64.8 Å². The molecular weight excluding hydrogens is 540 g/mol. The zero-order chi connectivity index (χ0) is 28.4. The van der Waals surface area contributed by atoms with Crippen LogP contribution in [0.25, 0.3) is 21.2 Å². The fourth-order valence-corrected chi connectivity index (χ4v) is 7.52. The first-order chi connectivity index (χ1) is 19.3. The molecule has 2 N–H and O–H groups in total. The van der Waals surface area contributed by atoms with Crippen molar-refractivity contribution in [3.05, 3.63) is 86.8 Å². The van der Waals surface area contributed by atoms with Crippen LogP contribution < -0.4 is 10.1 Å². The Balaban J connectivity index is 1.55. The van der Waals surface area contributed by atoms with Crippen LogP contribution in [0.4, 0.5) is 0 Å². The molecule has 0 bridgehead atoms. The Morgan fingerprint density at radius 1 is 1.02 bits per heavy atom. The van der Waals surface area contributed by atoms with E-state index in [-0.39, 0.29) is 18.6 Å². The third-order valence-electron chi connectivity index (χ3n) is 8.28. The van der Waals surface area contributed by atoms with E-state index in [2.05, 4.69) is 37.4 Å². The minimum absolute atomic E-state index is 0.0142. The predicted octanol–water partition coefficient (Wildman–Crippen LogP) is 7.51. The number of aliphatic hydroxyl groups is 1. The van der Waals surface area contributed by atoms with Crippen molar-refractivity contribution in [3.8, 4) is 16.9 Å². The summed E-state index contributed by atoms with van der Waals surface area (Å²) in [5.41, 5.74) is 6.14. The minimum Gasteiger partial charge on any atom is -0.496 e. The molecule has 5 rings (SSSR count). The number of amides is 1. The number of methoxy groups -OCH3 is 1. The summed E-state index contributed by atoms with van der Waals surface area (Å²) in [7, 11) is 3.69. The summed E-state index contributed by atoms with van der Waals surface area (Å²) in [6, 6.07) is 18.8. The second-order valence-electron chi connectivity index (χ2n) is 10.8. The molecule has 1 aromatic heterocycles. The lowest BCUT2D eigenvalue weighted by Gasteiger charge is -2.37. The number of rotatable bonds is 8. The summed E-state index contributed by atoms with van der Waals surface area (Å²) < 4.78 is 6.86. The number of hydrogen-bond acceptors (Lipinski definition) is 5. The van der Waals surface area contributed by atoms with E-state index in [0.717, 1.165) is 74.9 Å². The molecule has 210 valence electrons. The number of aryl methyl sites for hydroxylation is 2. The number of halogens is 1. The van der Waals surface area contributed by atoms with E-state index in [0.29, 0.717) is 22.5 Å². The van der Waals surface area contributed by atoms with E-state index < -0.39 is 0 Å². The van der Waals surface area contributed by atoms with Crippen LogP contribution in [0.15, 0.2) is 54.6 Å². The van der Waals surface area contributed by atoms with Crippen molar-refractivity contribution in [2.24, 2.45) is 0 Å². The summed E-state index contributed by atoms with van der Waals surface area (Å²) in [6.07, 6.45) is 3.92. The Hall–Kier alpha value is -2.90. The highest BCUT2D eigenvalue weighted by Gasteiger charge is 2.32. The maximum absolute atomic E-state index is 14.4. The number of thiophene rings is 1. The Bertz CT molecular complexity index is 1510. The normalized spacial score (nSPS) is 17.2. The second kappa shape index (κ2) is 12.3. The highest BCUT2D eigenvalue weighted by atomic mass is 35.5. The molecule has 7 heteroatoms. The molecule has 1 saturated carbocycles. The first-order valence-corrected chi connectivity index (χ1v) is 15.1. The molecular formula is C33H37ClN2O3S. The van der Waals surface area contributed by atoms with Crippen molar-refractivity contribution in [3.63, 3.8) is 0 Å². The SMILES string of the molecule is CNC1CCC(N(Cc2cc(-c3ccc(CO)cc3)ccc2OC)C(=O)c2sc3c(C)ccc(C)c3c2Cl)CC1. The molecule has 0 aliphatic heterocycles. The standard InChI is InChI=1S/C33H37ClN2O3S/c1-20-5-6-21(2)31-29(20)30(34)32(40-31)33(38)36(27-14-12-26(35-3)13-15-27)18-25-17-24(11-16-28(25)39-4)23-9-7-22(19-37)8-10-23/h5-11,16-17,26-27,35,37H,12-15,18-19H2,1-4H3. The molecule has 1 fully saturated rings. The Labute approximate surface area is 245 Å². The van der Waals surface area contributed by atoms with E-state index in [1.54, 1.807) is 7.11 Å². The maximum Gasteiger partial charge on any atom is 0.266 e. The third-order valence-corrected chi connectivity index (χ3v) is 10.1. The van der Waals surface area contributed by atoms with Crippen LogP contribution in [-0.4, -0.2) is 42.2 Å². The lowest BCUT2D eigenvalue weighted by molar-refractivity contribution is 0.0604. The number of carbonyl (C=O) groups excluding carboxylic acids is 1. The molecule has 0 saturated heterocycles. The fourth-order valence-electron chi connectivity index (χ4n) is 5.83. The van der Waals surface area contributed by atoms with E-state index in [4.69, 9.17) is 16.3 Å². The number of ether oxygens (including phenoxy) is 1. The number of nitrogens with one attached hydrogen (secondary N) is 1. The predicted molar refractivity (Wildman–Crippen MR) is 166 cm³/mol. The van der Waals surface area contributed by atoms with Gasteiger partial charge in [0.1, 0.15) is 10.6 Å². The van der Waals surface area contributed by atoms with Crippen molar-refractivity contribution in [2.75, 3.05) is 14.2 Å². The van der Waals surface area contributed by atoms with E-state index in [9.17, 15) is 9.90 Å². The molecule has 3 aromatic carbocycles. The Kier molecular flexibility index (Phi) is 8.81. The lowest BCUT2D eigenvalue weighted by Crippen LogP contribution is -2.44. The van der Waals surface area contributed by atoms with Gasteiger partial charge in [-0.05, 0) is 86.5 Å². The van der Waals surface area contributed by atoms with Gasteiger partial charge in [-0.25, -0.2) is 0 Å². The van der Waals surface area contributed by atoms with Gasteiger partial charge in [-0.15, -0.1) is 11.3 Å². The molecule has 0 unspecified atom stereocenters. The Morgan fingerprint density at radius 2 is 1.70 bits per heavy atom. The molecule has 1 aliphatic carbocycles. The van der Waals surface area contributed by atoms with Crippen LogP contribution in [0.1, 0.15) is 57.6 Å². The number of carbonyl (C=O) groups is 1. The first-order valence-electron chi connectivity index (χ1n) is 13.9. The van der Waals surface area contributed by atoms with Crippen molar-refractivity contribution in [1.29, 1.82) is 0 Å². The maximum atomic E-state index is 14.4. The molecule has 1 heterocycles. The van der Waals surface area contributed by atoms with Gasteiger partial charge >= 0.3 is 0 Å². The van der Waals surface area contributed by atoms with Gasteiger partial charge in [-0.2, -0.15) is 0 Å². The highest BCUT2D eigenvalue weighted by molar-refractivity contribution is 7.21. The van der Waals surface area contributed by atoms with E-state index in [1.165, 1.54) is 11.3 Å². The van der Waals surface area contributed by atoms with E-state index in [1.807, 2.05) is 48.3 Å². The molecule has 1 amide bonds. The van der Waals surface area contributed by atoms with Crippen LogP contribution in [0.2, 0.25) is 5.02 Å². The third kappa shape index (κ3) is 5.64. The van der Waals surface area contributed by atoms with Gasteiger partial charge in [0.15, 0.2) is 0 Å². The van der Waals surface area contributed by atoms with Crippen molar-refractivity contribution < 1.29 is 14.6 Å². The van der Waals surface area contributed by atoms with Crippen molar-refractivity contribution in [1.82, 2.24) is 10.2 Å². The van der Waals surface area contributed by atoms with Gasteiger partial charge in [0.25, 0.3) is 5.91 Å². The summed E-state index contributed by atoms with van der Waals surface area (Å²) >= 11 is 8.47. The largest absolute Gasteiger partial charge is 0.496 e. The second-order valence-corrected chi connectivity index (χ2v) is 12.2. The van der Waals surface area contributed by atoms with Gasteiger partial charge in [0.2, 0.25) is 0 Å². The molecule has 0 atom stereocenters.